The Morgan fingerprint density at radius 3 is 2.60 bits per heavy atom. The van der Waals surface area contributed by atoms with Gasteiger partial charge in [-0.1, -0.05) is 0 Å². The fraction of sp³-hybridized carbons (Fsp3) is 0.417. The minimum absolute atomic E-state index is 0. The van der Waals surface area contributed by atoms with Crippen LogP contribution in [0, 0.1) is 10.1 Å². The Hall–Kier alpha value is -1.86. The number of nitro groups is 1. The Morgan fingerprint density at radius 2 is 2.15 bits per heavy atom. The van der Waals surface area contributed by atoms with Crippen LogP contribution in [0.2, 0.25) is 0 Å². The Bertz CT molecular complexity index is 519. The van der Waals surface area contributed by atoms with Crippen molar-refractivity contribution >= 4 is 24.0 Å². The lowest BCUT2D eigenvalue weighted by atomic mass is 10.1. The summed E-state index contributed by atoms with van der Waals surface area (Å²) in [4.78, 5) is 24.1. The second kappa shape index (κ2) is 6.53. The molecule has 1 aromatic rings. The van der Waals surface area contributed by atoms with Crippen LogP contribution in [0.15, 0.2) is 18.2 Å². The van der Waals surface area contributed by atoms with Crippen LogP contribution in [0.1, 0.15) is 10.4 Å². The zero-order valence-electron chi connectivity index (χ0n) is 11.2. The molecule has 1 aromatic carbocycles. The zero-order valence-corrected chi connectivity index (χ0v) is 12.0. The van der Waals surface area contributed by atoms with E-state index in [1.54, 1.807) is 11.9 Å². The van der Waals surface area contributed by atoms with Crippen molar-refractivity contribution in [2.75, 3.05) is 27.2 Å². The molecule has 1 saturated heterocycles. The fourth-order valence-corrected chi connectivity index (χ4v) is 1.88. The molecule has 0 atom stereocenters. The summed E-state index contributed by atoms with van der Waals surface area (Å²) in [5.74, 6) is -0.0771. The highest BCUT2D eigenvalue weighted by Crippen LogP contribution is 2.28. The summed E-state index contributed by atoms with van der Waals surface area (Å²) in [6, 6.07) is 4.38. The number of nitrogens with one attached hydrogen (secondary N) is 1. The first-order valence-corrected chi connectivity index (χ1v) is 5.85. The molecular weight excluding hydrogens is 286 g/mol. The maximum absolute atomic E-state index is 12.2. The third-order valence-corrected chi connectivity index (χ3v) is 3.25. The van der Waals surface area contributed by atoms with Crippen LogP contribution < -0.4 is 10.1 Å². The molecule has 0 aliphatic carbocycles. The number of nitrogens with zero attached hydrogens (tertiary/aromatic N) is 2. The number of carbonyl (C=O) groups is 1. The predicted molar refractivity (Wildman–Crippen MR) is 75.6 cm³/mol. The van der Waals surface area contributed by atoms with Crippen LogP contribution in [-0.2, 0) is 0 Å². The Kier molecular flexibility index (Phi) is 5.29. The largest absolute Gasteiger partial charge is 0.490 e. The Labute approximate surface area is 122 Å². The lowest BCUT2D eigenvalue weighted by Gasteiger charge is -2.35. The fourth-order valence-electron chi connectivity index (χ4n) is 1.88. The third-order valence-electron chi connectivity index (χ3n) is 3.25. The highest BCUT2D eigenvalue weighted by atomic mass is 35.5. The molecule has 110 valence electrons. The molecular formula is C12H16ClN3O4. The van der Waals surface area contributed by atoms with E-state index >= 15 is 0 Å². The molecule has 2 rings (SSSR count). The summed E-state index contributed by atoms with van der Waals surface area (Å²) in [5, 5.41) is 14.0. The molecule has 1 aliphatic heterocycles. The second-order valence-electron chi connectivity index (χ2n) is 4.37. The zero-order chi connectivity index (χ0) is 14.0. The van der Waals surface area contributed by atoms with E-state index in [-0.39, 0.29) is 35.8 Å². The average Bonchev–Trinajstić information content (AvgIpc) is 2.34. The lowest BCUT2D eigenvalue weighted by Crippen LogP contribution is -2.57. The number of rotatable bonds is 4. The van der Waals surface area contributed by atoms with Crippen LogP contribution in [-0.4, -0.2) is 49.0 Å². The number of hydrogen-bond acceptors (Lipinski definition) is 5. The van der Waals surface area contributed by atoms with Gasteiger partial charge in [-0.05, 0) is 12.1 Å². The van der Waals surface area contributed by atoms with Crippen molar-refractivity contribution in [3.05, 3.63) is 33.9 Å². The van der Waals surface area contributed by atoms with Gasteiger partial charge in [-0.2, -0.15) is 0 Å². The summed E-state index contributed by atoms with van der Waals surface area (Å²) < 4.78 is 4.91. The van der Waals surface area contributed by atoms with Gasteiger partial charge in [0.2, 0.25) is 0 Å². The summed E-state index contributed by atoms with van der Waals surface area (Å²) >= 11 is 0. The lowest BCUT2D eigenvalue weighted by molar-refractivity contribution is -0.385. The maximum atomic E-state index is 12.2. The van der Waals surface area contributed by atoms with Gasteiger partial charge in [0.25, 0.3) is 5.91 Å². The van der Waals surface area contributed by atoms with E-state index < -0.39 is 4.92 Å². The van der Waals surface area contributed by atoms with E-state index in [1.807, 2.05) is 0 Å². The Balaban J connectivity index is 0.00000200. The van der Waals surface area contributed by atoms with E-state index in [2.05, 4.69) is 5.32 Å². The Morgan fingerprint density at radius 1 is 1.50 bits per heavy atom. The van der Waals surface area contributed by atoms with Gasteiger partial charge in [0.15, 0.2) is 5.75 Å². The molecule has 0 spiro atoms. The van der Waals surface area contributed by atoms with Gasteiger partial charge in [-0.15, -0.1) is 12.4 Å². The summed E-state index contributed by atoms with van der Waals surface area (Å²) in [5.41, 5.74) is 0.0929. The van der Waals surface area contributed by atoms with Crippen LogP contribution in [0.5, 0.6) is 5.75 Å². The van der Waals surface area contributed by atoms with Gasteiger partial charge < -0.3 is 15.0 Å². The SMILES string of the molecule is COc1ccc(C(=O)N(C)C2CNC2)cc1[N+](=O)[O-].Cl. The molecule has 1 aliphatic rings. The first-order valence-electron chi connectivity index (χ1n) is 5.85. The van der Waals surface area contributed by atoms with Crippen molar-refractivity contribution in [1.29, 1.82) is 0 Å². The molecule has 8 heteroatoms. The number of ether oxygens (including phenoxy) is 1. The maximum Gasteiger partial charge on any atom is 0.311 e. The molecule has 1 amide bonds. The molecule has 0 radical (unpaired) electrons. The highest BCUT2D eigenvalue weighted by Gasteiger charge is 2.27. The monoisotopic (exact) mass is 301 g/mol. The van der Waals surface area contributed by atoms with Crippen molar-refractivity contribution < 1.29 is 14.5 Å². The molecule has 0 bridgehead atoms. The number of hydrogen-bond donors (Lipinski definition) is 1. The molecule has 0 unspecified atom stereocenters. The van der Waals surface area contributed by atoms with Crippen molar-refractivity contribution in [3.8, 4) is 5.75 Å². The molecule has 20 heavy (non-hydrogen) atoms. The topological polar surface area (TPSA) is 84.7 Å². The van der Waals surface area contributed by atoms with E-state index in [1.165, 1.54) is 25.3 Å². The molecule has 1 fully saturated rings. The number of methoxy groups -OCH3 is 1. The van der Waals surface area contributed by atoms with Crippen LogP contribution in [0.25, 0.3) is 0 Å². The number of nitro benzene ring substituents is 1. The average molecular weight is 302 g/mol. The number of amides is 1. The standard InChI is InChI=1S/C12H15N3O4.ClH/c1-14(9-6-13-7-9)12(16)8-3-4-11(19-2)10(5-8)15(17)18;/h3-5,9,13H,6-7H2,1-2H3;1H. The van der Waals surface area contributed by atoms with Gasteiger partial charge in [0.1, 0.15) is 0 Å². The molecule has 1 heterocycles. The summed E-state index contributed by atoms with van der Waals surface area (Å²) in [6.45, 7) is 1.50. The number of carbonyl (C=O) groups excluding carboxylic acids is 1. The van der Waals surface area contributed by atoms with Gasteiger partial charge in [0, 0.05) is 31.8 Å². The van der Waals surface area contributed by atoms with Crippen molar-refractivity contribution in [2.24, 2.45) is 0 Å². The smallest absolute Gasteiger partial charge is 0.311 e. The van der Waals surface area contributed by atoms with E-state index in [0.717, 1.165) is 13.1 Å². The third kappa shape index (κ3) is 3.00. The van der Waals surface area contributed by atoms with Gasteiger partial charge in [0.05, 0.1) is 18.1 Å². The molecule has 1 N–H and O–H groups in total. The van der Waals surface area contributed by atoms with E-state index in [4.69, 9.17) is 4.74 Å². The molecule has 7 nitrogen and oxygen atoms in total. The minimum Gasteiger partial charge on any atom is -0.490 e. The van der Waals surface area contributed by atoms with Gasteiger partial charge in [-0.25, -0.2) is 0 Å². The van der Waals surface area contributed by atoms with Gasteiger partial charge in [-0.3, -0.25) is 14.9 Å². The van der Waals surface area contributed by atoms with Crippen LogP contribution in [0.4, 0.5) is 5.69 Å². The van der Waals surface area contributed by atoms with Crippen molar-refractivity contribution in [3.63, 3.8) is 0 Å². The number of halogens is 1. The summed E-state index contributed by atoms with van der Waals surface area (Å²) in [7, 11) is 3.06. The first-order chi connectivity index (χ1) is 9.04. The second-order valence-corrected chi connectivity index (χ2v) is 4.37. The number of likely N-dealkylation sites (N-methyl/N-ethyl adjacent to an activating group) is 1. The first kappa shape index (κ1) is 16.2. The van der Waals surface area contributed by atoms with Crippen molar-refractivity contribution in [1.82, 2.24) is 10.2 Å². The molecule has 0 saturated carbocycles. The van der Waals surface area contributed by atoms with E-state index in [9.17, 15) is 14.9 Å². The normalized spacial score (nSPS) is 13.9. The minimum atomic E-state index is -0.555. The highest BCUT2D eigenvalue weighted by molar-refractivity contribution is 5.95. The predicted octanol–water partition coefficient (Wildman–Crippen LogP) is 1.07. The van der Waals surface area contributed by atoms with Crippen LogP contribution >= 0.6 is 12.4 Å². The van der Waals surface area contributed by atoms with Gasteiger partial charge >= 0.3 is 5.69 Å². The molecule has 0 aromatic heterocycles. The number of benzene rings is 1. The van der Waals surface area contributed by atoms with Crippen molar-refractivity contribution in [2.45, 2.75) is 6.04 Å². The van der Waals surface area contributed by atoms with E-state index in [0.29, 0.717) is 5.56 Å². The quantitative estimate of drug-likeness (QED) is 0.664. The van der Waals surface area contributed by atoms with Crippen LogP contribution in [0.3, 0.4) is 0 Å². The summed E-state index contributed by atoms with van der Waals surface area (Å²) in [6.07, 6.45) is 0.